The van der Waals surface area contributed by atoms with Crippen molar-refractivity contribution < 1.29 is 24.5 Å². The van der Waals surface area contributed by atoms with Crippen LogP contribution in [0.1, 0.15) is 5.56 Å². The molecular weight excluding hydrogens is 488 g/mol. The van der Waals surface area contributed by atoms with Crippen LogP contribution in [0.3, 0.4) is 0 Å². The van der Waals surface area contributed by atoms with E-state index in [0.717, 1.165) is 22.0 Å². The second-order valence-electron chi connectivity index (χ2n) is 7.87. The Bertz CT molecular complexity index is 1620. The van der Waals surface area contributed by atoms with Crippen molar-refractivity contribution in [3.63, 3.8) is 0 Å². The fourth-order valence-electron chi connectivity index (χ4n) is 3.69. The van der Waals surface area contributed by atoms with Gasteiger partial charge in [-0.15, -0.1) is 0 Å². The highest BCUT2D eigenvalue weighted by Crippen LogP contribution is 2.31. The first-order valence-corrected chi connectivity index (χ1v) is 11.4. The molecule has 2 aromatic heterocycles. The van der Waals surface area contributed by atoms with E-state index in [1.165, 1.54) is 0 Å². The number of rotatable bonds is 7. The standard InChI is InChI=1S/C23H20N6O.C4H4O4/c1-30-19-13-7-10-16-20(19)27-23(28-21(16)25-14-15-8-3-2-4-9-15)29-18-12-6-5-11-17(18)26-22(29)24;5-3(6)1-2-4(7)8/h2-13H,14H2,1H3,(H2,24,26)(H,25,27,28);1-2H,(H,5,6)(H,7,8)/b;2-1-. The predicted octanol–water partition coefficient (Wildman–Crippen LogP) is 3.88. The Labute approximate surface area is 216 Å². The molecule has 2 heterocycles. The summed E-state index contributed by atoms with van der Waals surface area (Å²) in [5.74, 6) is -0.371. The summed E-state index contributed by atoms with van der Waals surface area (Å²) in [5, 5.41) is 19.9. The minimum Gasteiger partial charge on any atom is -0.494 e. The second-order valence-corrected chi connectivity index (χ2v) is 7.87. The molecule has 5 rings (SSSR count). The van der Waals surface area contributed by atoms with E-state index in [1.54, 1.807) is 11.7 Å². The summed E-state index contributed by atoms with van der Waals surface area (Å²) in [6, 6.07) is 23.7. The number of nitrogens with one attached hydrogen (secondary N) is 1. The highest BCUT2D eigenvalue weighted by atomic mass is 16.5. The number of fused-ring (bicyclic) bond motifs is 2. The maximum absolute atomic E-state index is 9.55. The Kier molecular flexibility index (Phi) is 7.77. The number of imidazole rings is 1. The van der Waals surface area contributed by atoms with E-state index in [1.807, 2.05) is 60.7 Å². The monoisotopic (exact) mass is 512 g/mol. The zero-order valence-electron chi connectivity index (χ0n) is 20.3. The van der Waals surface area contributed by atoms with Crippen molar-refractivity contribution in [2.45, 2.75) is 6.54 Å². The number of hydrogen-bond acceptors (Lipinski definition) is 8. The van der Waals surface area contributed by atoms with Crippen molar-refractivity contribution >= 4 is 45.6 Å². The van der Waals surface area contributed by atoms with Crippen LogP contribution in [0.4, 0.5) is 11.8 Å². The van der Waals surface area contributed by atoms with Crippen molar-refractivity contribution in [3.05, 3.63) is 90.5 Å². The molecule has 0 saturated heterocycles. The zero-order valence-corrected chi connectivity index (χ0v) is 20.3. The lowest BCUT2D eigenvalue weighted by Gasteiger charge is -2.14. The molecule has 38 heavy (non-hydrogen) atoms. The van der Waals surface area contributed by atoms with Gasteiger partial charge in [-0.05, 0) is 29.8 Å². The maximum atomic E-state index is 9.55. The molecule has 0 aliphatic carbocycles. The van der Waals surface area contributed by atoms with Crippen LogP contribution in [0.15, 0.2) is 84.9 Å². The molecule has 0 atom stereocenters. The SMILES string of the molecule is COc1cccc2c(NCc3ccccc3)nc(-n3c(N)nc4ccccc43)nc12.O=C(O)/C=C\C(=O)O. The van der Waals surface area contributed by atoms with Gasteiger partial charge in [-0.1, -0.05) is 48.5 Å². The number of methoxy groups -OCH3 is 1. The molecule has 0 radical (unpaired) electrons. The van der Waals surface area contributed by atoms with Gasteiger partial charge >= 0.3 is 11.9 Å². The molecule has 11 nitrogen and oxygen atoms in total. The van der Waals surface area contributed by atoms with Crippen LogP contribution >= 0.6 is 0 Å². The van der Waals surface area contributed by atoms with E-state index in [0.29, 0.717) is 47.7 Å². The minimum atomic E-state index is -1.26. The number of nitrogen functional groups attached to an aromatic ring is 1. The first-order chi connectivity index (χ1) is 18.4. The molecule has 5 aromatic rings. The van der Waals surface area contributed by atoms with E-state index in [4.69, 9.17) is 30.7 Å². The average molecular weight is 513 g/mol. The summed E-state index contributed by atoms with van der Waals surface area (Å²) in [5.41, 5.74) is 9.73. The Morgan fingerprint density at radius 2 is 1.61 bits per heavy atom. The summed E-state index contributed by atoms with van der Waals surface area (Å²) in [6.07, 6.45) is 1.12. The van der Waals surface area contributed by atoms with Gasteiger partial charge in [0.25, 0.3) is 0 Å². The molecule has 192 valence electrons. The van der Waals surface area contributed by atoms with E-state index < -0.39 is 11.9 Å². The molecule has 0 spiro atoms. The van der Waals surface area contributed by atoms with Gasteiger partial charge in [0.15, 0.2) is 0 Å². The third-order valence-electron chi connectivity index (χ3n) is 5.36. The van der Waals surface area contributed by atoms with Crippen molar-refractivity contribution in [3.8, 4) is 11.7 Å². The third-order valence-corrected chi connectivity index (χ3v) is 5.36. The number of para-hydroxylation sites is 3. The summed E-state index contributed by atoms with van der Waals surface area (Å²) >= 11 is 0. The lowest BCUT2D eigenvalue weighted by atomic mass is 10.2. The normalized spacial score (nSPS) is 10.8. The number of nitrogens with two attached hydrogens (primary N) is 1. The number of anilines is 2. The number of carboxylic acid groups (broad SMARTS) is 2. The molecule has 0 amide bonds. The molecule has 3 aromatic carbocycles. The largest absolute Gasteiger partial charge is 0.494 e. The number of carbonyl (C=O) groups is 2. The average Bonchev–Trinajstić information content (AvgIpc) is 3.26. The second kappa shape index (κ2) is 11.5. The van der Waals surface area contributed by atoms with Crippen LogP contribution in [-0.4, -0.2) is 48.8 Å². The van der Waals surface area contributed by atoms with Gasteiger partial charge in [0.1, 0.15) is 17.1 Å². The molecule has 0 fully saturated rings. The number of benzene rings is 3. The number of ether oxygens (including phenoxy) is 1. The smallest absolute Gasteiger partial charge is 0.328 e. The van der Waals surface area contributed by atoms with Crippen molar-refractivity contribution in [2.24, 2.45) is 0 Å². The molecule has 0 bridgehead atoms. The van der Waals surface area contributed by atoms with E-state index >= 15 is 0 Å². The number of nitrogens with zero attached hydrogens (tertiary/aromatic N) is 4. The summed E-state index contributed by atoms with van der Waals surface area (Å²) < 4.78 is 7.32. The van der Waals surface area contributed by atoms with Gasteiger partial charge < -0.3 is 26.0 Å². The number of aliphatic carboxylic acids is 2. The zero-order chi connectivity index (χ0) is 27.1. The van der Waals surface area contributed by atoms with Crippen LogP contribution in [0.5, 0.6) is 5.75 Å². The Morgan fingerprint density at radius 1 is 0.921 bits per heavy atom. The van der Waals surface area contributed by atoms with Gasteiger partial charge in [-0.2, -0.15) is 4.98 Å². The lowest BCUT2D eigenvalue weighted by Crippen LogP contribution is -2.10. The molecular formula is C27H24N6O5. The fraction of sp³-hybridized carbons (Fsp3) is 0.0741. The van der Waals surface area contributed by atoms with Crippen LogP contribution in [0.25, 0.3) is 27.9 Å². The van der Waals surface area contributed by atoms with Gasteiger partial charge in [-0.25, -0.2) is 24.1 Å². The fourth-order valence-corrected chi connectivity index (χ4v) is 3.69. The van der Waals surface area contributed by atoms with Crippen molar-refractivity contribution in [2.75, 3.05) is 18.2 Å². The highest BCUT2D eigenvalue weighted by Gasteiger charge is 2.17. The maximum Gasteiger partial charge on any atom is 0.328 e. The first-order valence-electron chi connectivity index (χ1n) is 11.4. The van der Waals surface area contributed by atoms with E-state index in [-0.39, 0.29) is 0 Å². The van der Waals surface area contributed by atoms with Crippen LogP contribution in [0.2, 0.25) is 0 Å². The van der Waals surface area contributed by atoms with Gasteiger partial charge in [-0.3, -0.25) is 0 Å². The molecule has 0 saturated carbocycles. The summed E-state index contributed by atoms with van der Waals surface area (Å²) in [7, 11) is 1.63. The third kappa shape index (κ3) is 5.85. The van der Waals surface area contributed by atoms with Crippen LogP contribution in [-0.2, 0) is 16.1 Å². The Hall–Kier alpha value is -5.45. The first kappa shape index (κ1) is 25.6. The summed E-state index contributed by atoms with van der Waals surface area (Å²) in [6.45, 7) is 0.629. The van der Waals surface area contributed by atoms with Crippen molar-refractivity contribution in [1.82, 2.24) is 19.5 Å². The van der Waals surface area contributed by atoms with Gasteiger partial charge in [0, 0.05) is 24.1 Å². The van der Waals surface area contributed by atoms with Crippen molar-refractivity contribution in [1.29, 1.82) is 0 Å². The van der Waals surface area contributed by atoms with Gasteiger partial charge in [0.05, 0.1) is 18.1 Å². The number of hydrogen-bond donors (Lipinski definition) is 4. The Balaban J connectivity index is 0.000000368. The molecule has 0 aliphatic heterocycles. The van der Waals surface area contributed by atoms with Gasteiger partial charge in [0.2, 0.25) is 11.9 Å². The minimum absolute atomic E-state index is 0.333. The highest BCUT2D eigenvalue weighted by molar-refractivity contribution is 5.94. The molecule has 0 aliphatic rings. The molecule has 11 heteroatoms. The number of carboxylic acids is 2. The lowest BCUT2D eigenvalue weighted by molar-refractivity contribution is -0.134. The summed E-state index contributed by atoms with van der Waals surface area (Å²) in [4.78, 5) is 33.1. The topological polar surface area (TPSA) is 165 Å². The predicted molar refractivity (Wildman–Crippen MR) is 143 cm³/mol. The number of aromatic nitrogens is 4. The van der Waals surface area contributed by atoms with E-state index in [2.05, 4.69) is 22.4 Å². The van der Waals surface area contributed by atoms with E-state index in [9.17, 15) is 9.59 Å². The molecule has 0 unspecified atom stereocenters. The quantitative estimate of drug-likeness (QED) is 0.235. The van der Waals surface area contributed by atoms with Crippen LogP contribution < -0.4 is 15.8 Å². The Morgan fingerprint density at radius 3 is 2.29 bits per heavy atom. The van der Waals surface area contributed by atoms with Crippen LogP contribution in [0, 0.1) is 0 Å². The molecule has 5 N–H and O–H groups in total.